The molecule has 170 valence electrons. The summed E-state index contributed by atoms with van der Waals surface area (Å²) in [5.41, 5.74) is 1.23. The van der Waals surface area contributed by atoms with Crippen LogP contribution >= 0.6 is 0 Å². The predicted octanol–water partition coefficient (Wildman–Crippen LogP) is 3.70. The molecular formula is C24H42N4O2. The van der Waals surface area contributed by atoms with Gasteiger partial charge in [0.15, 0.2) is 5.96 Å². The molecule has 2 N–H and O–H groups in total. The van der Waals surface area contributed by atoms with Crippen LogP contribution in [0.5, 0.6) is 5.75 Å². The summed E-state index contributed by atoms with van der Waals surface area (Å²) in [6.45, 7) is 15.2. The lowest BCUT2D eigenvalue weighted by molar-refractivity contribution is 0.121. The van der Waals surface area contributed by atoms with Gasteiger partial charge in [0.2, 0.25) is 0 Å². The number of likely N-dealkylation sites (tertiary alicyclic amines) is 1. The maximum absolute atomic E-state index is 5.79. The summed E-state index contributed by atoms with van der Waals surface area (Å²) in [6.07, 6.45) is 2.42. The van der Waals surface area contributed by atoms with Crippen molar-refractivity contribution in [2.75, 3.05) is 53.0 Å². The number of piperidine rings is 1. The normalized spacial score (nSPS) is 17.2. The first kappa shape index (κ1) is 24.5. The second kappa shape index (κ2) is 13.5. The zero-order valence-electron chi connectivity index (χ0n) is 19.6. The Morgan fingerprint density at radius 1 is 1.17 bits per heavy atom. The van der Waals surface area contributed by atoms with Crippen LogP contribution < -0.4 is 15.4 Å². The Morgan fingerprint density at radius 2 is 1.87 bits per heavy atom. The Kier molecular flexibility index (Phi) is 11.0. The van der Waals surface area contributed by atoms with Crippen molar-refractivity contribution in [2.45, 2.75) is 46.6 Å². The number of aliphatic imine (C=N–C) groups is 1. The molecule has 0 bridgehead atoms. The molecule has 30 heavy (non-hydrogen) atoms. The molecule has 1 aromatic rings. The van der Waals surface area contributed by atoms with Crippen LogP contribution in [0.25, 0.3) is 0 Å². The summed E-state index contributed by atoms with van der Waals surface area (Å²) < 4.78 is 11.0. The Morgan fingerprint density at radius 3 is 2.47 bits per heavy atom. The van der Waals surface area contributed by atoms with Gasteiger partial charge in [-0.05, 0) is 69.3 Å². The molecule has 0 radical (unpaired) electrons. The monoisotopic (exact) mass is 418 g/mol. The van der Waals surface area contributed by atoms with Crippen molar-refractivity contribution in [1.82, 2.24) is 15.5 Å². The van der Waals surface area contributed by atoms with E-state index in [2.05, 4.69) is 67.5 Å². The van der Waals surface area contributed by atoms with Crippen molar-refractivity contribution < 1.29 is 9.47 Å². The lowest BCUT2D eigenvalue weighted by Crippen LogP contribution is -2.40. The van der Waals surface area contributed by atoms with E-state index in [1.54, 1.807) is 7.11 Å². The van der Waals surface area contributed by atoms with Gasteiger partial charge in [-0.1, -0.05) is 26.0 Å². The average molecular weight is 419 g/mol. The molecule has 0 amide bonds. The largest absolute Gasteiger partial charge is 0.493 e. The number of guanidine groups is 1. The highest BCUT2D eigenvalue weighted by molar-refractivity contribution is 5.80. The topological polar surface area (TPSA) is 58.1 Å². The fourth-order valence-electron chi connectivity index (χ4n) is 3.56. The molecule has 6 heteroatoms. The van der Waals surface area contributed by atoms with Crippen LogP contribution in [0.1, 0.15) is 52.1 Å². The second-order valence-corrected chi connectivity index (χ2v) is 8.64. The molecule has 0 spiro atoms. The van der Waals surface area contributed by atoms with Crippen LogP contribution in [-0.2, 0) is 4.74 Å². The fraction of sp³-hybridized carbons (Fsp3) is 0.708. The average Bonchev–Trinajstić information content (AvgIpc) is 2.75. The number of methoxy groups -OCH3 is 1. The van der Waals surface area contributed by atoms with Gasteiger partial charge >= 0.3 is 0 Å². The SMILES string of the molecule is CCNC(=NCC1CCN(CCOC)CC1)NC(C)c1ccc(OCC(C)C)cc1. The smallest absolute Gasteiger partial charge is 0.191 e. The van der Waals surface area contributed by atoms with Crippen LogP contribution in [-0.4, -0.2) is 63.9 Å². The fourth-order valence-corrected chi connectivity index (χ4v) is 3.56. The molecule has 1 unspecified atom stereocenters. The van der Waals surface area contributed by atoms with Gasteiger partial charge in [0.1, 0.15) is 5.75 Å². The number of ether oxygens (including phenoxy) is 2. The molecule has 1 saturated heterocycles. The molecule has 0 saturated carbocycles. The Balaban J connectivity index is 1.83. The molecule has 0 aliphatic carbocycles. The van der Waals surface area contributed by atoms with Gasteiger partial charge in [0.05, 0.1) is 19.3 Å². The van der Waals surface area contributed by atoms with Crippen LogP contribution in [0.4, 0.5) is 0 Å². The van der Waals surface area contributed by atoms with E-state index in [1.807, 2.05) is 0 Å². The zero-order chi connectivity index (χ0) is 21.8. The van der Waals surface area contributed by atoms with Crippen LogP contribution in [0.2, 0.25) is 0 Å². The predicted molar refractivity (Wildman–Crippen MR) is 125 cm³/mol. The molecule has 1 atom stereocenters. The minimum Gasteiger partial charge on any atom is -0.493 e. The lowest BCUT2D eigenvalue weighted by atomic mass is 9.97. The standard InChI is InChI=1S/C24H42N4O2/c1-6-25-24(26-17-21-11-13-28(14-12-21)15-16-29-5)27-20(4)22-7-9-23(10-8-22)30-18-19(2)3/h7-10,19-21H,6,11-18H2,1-5H3,(H2,25,26,27). The first-order valence-corrected chi connectivity index (χ1v) is 11.5. The van der Waals surface area contributed by atoms with Crippen molar-refractivity contribution >= 4 is 5.96 Å². The number of nitrogens with one attached hydrogen (secondary N) is 2. The Labute approximate surface area is 183 Å². The summed E-state index contributed by atoms with van der Waals surface area (Å²) in [5.74, 6) is 3.01. The van der Waals surface area contributed by atoms with Crippen molar-refractivity contribution in [2.24, 2.45) is 16.8 Å². The number of benzene rings is 1. The van der Waals surface area contributed by atoms with E-state index in [0.717, 1.165) is 57.6 Å². The van der Waals surface area contributed by atoms with E-state index in [1.165, 1.54) is 18.4 Å². The first-order chi connectivity index (χ1) is 14.5. The van der Waals surface area contributed by atoms with Gasteiger partial charge in [-0.15, -0.1) is 0 Å². The number of nitrogens with zero attached hydrogens (tertiary/aromatic N) is 2. The van der Waals surface area contributed by atoms with Gasteiger partial charge in [0, 0.05) is 26.7 Å². The van der Waals surface area contributed by atoms with Crippen molar-refractivity contribution in [3.05, 3.63) is 29.8 Å². The van der Waals surface area contributed by atoms with E-state index < -0.39 is 0 Å². The molecule has 1 aromatic carbocycles. The summed E-state index contributed by atoms with van der Waals surface area (Å²) in [6, 6.07) is 8.55. The third-order valence-electron chi connectivity index (χ3n) is 5.49. The summed E-state index contributed by atoms with van der Waals surface area (Å²) >= 11 is 0. The van der Waals surface area contributed by atoms with Gasteiger partial charge in [-0.25, -0.2) is 0 Å². The van der Waals surface area contributed by atoms with E-state index in [9.17, 15) is 0 Å². The highest BCUT2D eigenvalue weighted by Gasteiger charge is 2.19. The summed E-state index contributed by atoms with van der Waals surface area (Å²) in [5, 5.41) is 6.94. The lowest BCUT2D eigenvalue weighted by Gasteiger charge is -2.31. The highest BCUT2D eigenvalue weighted by atomic mass is 16.5. The second-order valence-electron chi connectivity index (χ2n) is 8.64. The van der Waals surface area contributed by atoms with Gasteiger partial charge in [0.25, 0.3) is 0 Å². The maximum atomic E-state index is 5.79. The molecule has 1 aliphatic heterocycles. The van der Waals surface area contributed by atoms with Crippen molar-refractivity contribution in [3.63, 3.8) is 0 Å². The third-order valence-corrected chi connectivity index (χ3v) is 5.49. The summed E-state index contributed by atoms with van der Waals surface area (Å²) in [7, 11) is 1.77. The van der Waals surface area contributed by atoms with Gasteiger partial charge in [-0.2, -0.15) is 0 Å². The molecule has 1 fully saturated rings. The zero-order valence-corrected chi connectivity index (χ0v) is 19.6. The van der Waals surface area contributed by atoms with E-state index in [-0.39, 0.29) is 6.04 Å². The quantitative estimate of drug-likeness (QED) is 0.424. The minimum atomic E-state index is 0.179. The number of rotatable bonds is 11. The van der Waals surface area contributed by atoms with E-state index >= 15 is 0 Å². The summed E-state index contributed by atoms with van der Waals surface area (Å²) in [4.78, 5) is 7.37. The molecule has 0 aromatic heterocycles. The Hall–Kier alpha value is -1.79. The van der Waals surface area contributed by atoms with Gasteiger partial charge < -0.3 is 25.0 Å². The molecule has 1 heterocycles. The van der Waals surface area contributed by atoms with Crippen LogP contribution in [0.3, 0.4) is 0 Å². The van der Waals surface area contributed by atoms with E-state index in [4.69, 9.17) is 14.5 Å². The van der Waals surface area contributed by atoms with Gasteiger partial charge in [-0.3, -0.25) is 4.99 Å². The van der Waals surface area contributed by atoms with Crippen molar-refractivity contribution in [3.8, 4) is 5.75 Å². The molecular weight excluding hydrogens is 376 g/mol. The molecule has 6 nitrogen and oxygen atoms in total. The van der Waals surface area contributed by atoms with Crippen LogP contribution in [0, 0.1) is 11.8 Å². The molecule has 2 rings (SSSR count). The third kappa shape index (κ3) is 8.92. The maximum Gasteiger partial charge on any atom is 0.191 e. The number of hydrogen-bond donors (Lipinski definition) is 2. The minimum absolute atomic E-state index is 0.179. The highest BCUT2D eigenvalue weighted by Crippen LogP contribution is 2.19. The van der Waals surface area contributed by atoms with Crippen molar-refractivity contribution in [1.29, 1.82) is 0 Å². The Bertz CT molecular complexity index is 610. The van der Waals surface area contributed by atoms with Crippen LogP contribution in [0.15, 0.2) is 29.3 Å². The first-order valence-electron chi connectivity index (χ1n) is 11.5. The number of hydrogen-bond acceptors (Lipinski definition) is 4. The molecule has 1 aliphatic rings. The van der Waals surface area contributed by atoms with E-state index in [0.29, 0.717) is 11.8 Å².